The first-order valence-electron chi connectivity index (χ1n) is 8.26. The summed E-state index contributed by atoms with van der Waals surface area (Å²) in [6.45, 7) is 7.46. The number of thiazole rings is 1. The van der Waals surface area contributed by atoms with E-state index in [1.54, 1.807) is 0 Å². The Labute approximate surface area is 127 Å². The summed E-state index contributed by atoms with van der Waals surface area (Å²) in [5.41, 5.74) is 0. The fraction of sp³-hybridized carbons (Fsp3) is 0.812. The largest absolute Gasteiger partial charge is 0.349 e. The van der Waals surface area contributed by atoms with E-state index < -0.39 is 0 Å². The minimum Gasteiger partial charge on any atom is -0.349 e. The van der Waals surface area contributed by atoms with Crippen molar-refractivity contribution in [3.63, 3.8) is 0 Å². The average Bonchev–Trinajstić information content (AvgIpc) is 2.88. The maximum Gasteiger partial charge on any atom is 0.185 e. The summed E-state index contributed by atoms with van der Waals surface area (Å²) in [5, 5.41) is 4.92. The van der Waals surface area contributed by atoms with Crippen molar-refractivity contribution in [1.29, 1.82) is 0 Å². The number of hydrogen-bond acceptors (Lipinski definition) is 4. The van der Waals surface area contributed by atoms with Gasteiger partial charge < -0.3 is 10.2 Å². The van der Waals surface area contributed by atoms with Gasteiger partial charge in [-0.15, -0.1) is 11.3 Å². The van der Waals surface area contributed by atoms with Crippen molar-refractivity contribution < 1.29 is 0 Å². The summed E-state index contributed by atoms with van der Waals surface area (Å²) in [7, 11) is 0. The average molecular weight is 295 g/mol. The summed E-state index contributed by atoms with van der Waals surface area (Å²) in [6, 6.07) is 0.717. The lowest BCUT2D eigenvalue weighted by atomic mass is 9.97. The predicted octanol–water partition coefficient (Wildman–Crippen LogP) is 4.19. The van der Waals surface area contributed by atoms with Crippen LogP contribution in [0.4, 0.5) is 5.13 Å². The Kier molecular flexibility index (Phi) is 6.80. The van der Waals surface area contributed by atoms with Gasteiger partial charge in [-0.25, -0.2) is 4.98 Å². The number of anilines is 1. The van der Waals surface area contributed by atoms with E-state index in [1.807, 2.05) is 17.5 Å². The molecule has 1 fully saturated rings. The molecule has 4 heteroatoms. The Morgan fingerprint density at radius 3 is 2.45 bits per heavy atom. The molecular weight excluding hydrogens is 266 g/mol. The maximum atomic E-state index is 4.56. The highest BCUT2D eigenvalue weighted by atomic mass is 32.1. The highest BCUT2D eigenvalue weighted by Gasteiger charge is 2.12. The van der Waals surface area contributed by atoms with Crippen molar-refractivity contribution in [2.45, 2.75) is 71.4 Å². The van der Waals surface area contributed by atoms with E-state index in [-0.39, 0.29) is 0 Å². The number of aromatic nitrogens is 1. The molecule has 20 heavy (non-hydrogen) atoms. The molecule has 0 aliphatic heterocycles. The van der Waals surface area contributed by atoms with Crippen molar-refractivity contribution in [3.05, 3.63) is 11.1 Å². The van der Waals surface area contributed by atoms with Gasteiger partial charge in [0.25, 0.3) is 0 Å². The molecule has 1 aromatic rings. The van der Waals surface area contributed by atoms with Crippen molar-refractivity contribution in [2.75, 3.05) is 18.0 Å². The van der Waals surface area contributed by atoms with Gasteiger partial charge in [0.05, 0.1) is 0 Å². The monoisotopic (exact) mass is 295 g/mol. The van der Waals surface area contributed by atoms with Gasteiger partial charge in [0, 0.05) is 36.8 Å². The molecular formula is C16H29N3S. The standard InChI is InChI=1S/C16H29N3S/c1-3-19(4-2)16-18-13-15(20-16)12-17-14-10-8-6-5-7-9-11-14/h13-14,17H,3-12H2,1-2H3. The van der Waals surface area contributed by atoms with Crippen LogP contribution < -0.4 is 10.2 Å². The van der Waals surface area contributed by atoms with E-state index >= 15 is 0 Å². The lowest BCUT2D eigenvalue weighted by Crippen LogP contribution is -2.28. The molecule has 0 aromatic carbocycles. The highest BCUT2D eigenvalue weighted by molar-refractivity contribution is 7.15. The quantitative estimate of drug-likeness (QED) is 0.853. The van der Waals surface area contributed by atoms with Crippen molar-refractivity contribution in [1.82, 2.24) is 10.3 Å². The summed E-state index contributed by atoms with van der Waals surface area (Å²) in [6.07, 6.45) is 11.8. The Balaban J connectivity index is 1.80. The molecule has 1 saturated carbocycles. The zero-order chi connectivity index (χ0) is 14.2. The van der Waals surface area contributed by atoms with Crippen LogP contribution in [0.5, 0.6) is 0 Å². The van der Waals surface area contributed by atoms with E-state index in [0.29, 0.717) is 6.04 Å². The van der Waals surface area contributed by atoms with Gasteiger partial charge in [-0.05, 0) is 26.7 Å². The van der Waals surface area contributed by atoms with Crippen LogP contribution in [0.2, 0.25) is 0 Å². The number of nitrogens with zero attached hydrogens (tertiary/aromatic N) is 2. The number of nitrogens with one attached hydrogen (secondary N) is 1. The first-order valence-corrected chi connectivity index (χ1v) is 9.08. The minimum absolute atomic E-state index is 0.717. The molecule has 1 heterocycles. The molecule has 2 rings (SSSR count). The second-order valence-electron chi connectivity index (χ2n) is 5.70. The van der Waals surface area contributed by atoms with E-state index in [9.17, 15) is 0 Å². The van der Waals surface area contributed by atoms with E-state index in [2.05, 4.69) is 29.0 Å². The Morgan fingerprint density at radius 1 is 1.15 bits per heavy atom. The highest BCUT2D eigenvalue weighted by Crippen LogP contribution is 2.23. The molecule has 0 amide bonds. The van der Waals surface area contributed by atoms with Crippen molar-refractivity contribution >= 4 is 16.5 Å². The normalized spacial score (nSPS) is 17.7. The second kappa shape index (κ2) is 8.63. The summed E-state index contributed by atoms with van der Waals surface area (Å²) in [5.74, 6) is 0. The van der Waals surface area contributed by atoms with Crippen LogP contribution in [-0.2, 0) is 6.54 Å². The molecule has 0 radical (unpaired) electrons. The zero-order valence-corrected chi connectivity index (χ0v) is 13.8. The third-order valence-electron chi connectivity index (χ3n) is 4.25. The van der Waals surface area contributed by atoms with E-state index in [0.717, 1.165) is 19.6 Å². The Bertz CT molecular complexity index is 366. The zero-order valence-electron chi connectivity index (χ0n) is 13.0. The molecule has 3 nitrogen and oxygen atoms in total. The lowest BCUT2D eigenvalue weighted by molar-refractivity contribution is 0.390. The molecule has 0 bridgehead atoms. The van der Waals surface area contributed by atoms with Crippen LogP contribution >= 0.6 is 11.3 Å². The molecule has 0 atom stereocenters. The summed E-state index contributed by atoms with van der Waals surface area (Å²) in [4.78, 5) is 8.25. The third-order valence-corrected chi connectivity index (χ3v) is 5.30. The number of hydrogen-bond donors (Lipinski definition) is 1. The van der Waals surface area contributed by atoms with E-state index in [4.69, 9.17) is 0 Å². The maximum absolute atomic E-state index is 4.56. The predicted molar refractivity (Wildman–Crippen MR) is 88.6 cm³/mol. The first-order chi connectivity index (χ1) is 9.83. The van der Waals surface area contributed by atoms with Gasteiger partial charge in [-0.2, -0.15) is 0 Å². The molecule has 0 spiro atoms. The van der Waals surface area contributed by atoms with Crippen molar-refractivity contribution in [2.24, 2.45) is 0 Å². The van der Waals surface area contributed by atoms with Gasteiger partial charge in [0.15, 0.2) is 5.13 Å². The lowest BCUT2D eigenvalue weighted by Gasteiger charge is -2.20. The van der Waals surface area contributed by atoms with Crippen LogP contribution in [0.15, 0.2) is 6.20 Å². The van der Waals surface area contributed by atoms with Crippen molar-refractivity contribution in [3.8, 4) is 0 Å². The molecule has 1 aliphatic rings. The first kappa shape index (κ1) is 15.8. The molecule has 1 aliphatic carbocycles. The van der Waals surface area contributed by atoms with Gasteiger partial charge in [0.2, 0.25) is 0 Å². The van der Waals surface area contributed by atoms with Crippen LogP contribution in [0, 0.1) is 0 Å². The molecule has 0 saturated heterocycles. The van der Waals surface area contributed by atoms with Crippen LogP contribution in [0.1, 0.15) is 63.7 Å². The minimum atomic E-state index is 0.717. The summed E-state index contributed by atoms with van der Waals surface area (Å²) >= 11 is 1.84. The van der Waals surface area contributed by atoms with Gasteiger partial charge in [-0.1, -0.05) is 32.1 Å². The topological polar surface area (TPSA) is 28.2 Å². The van der Waals surface area contributed by atoms with Crippen LogP contribution in [0.3, 0.4) is 0 Å². The molecule has 114 valence electrons. The third kappa shape index (κ3) is 4.74. The van der Waals surface area contributed by atoms with Gasteiger partial charge in [0.1, 0.15) is 0 Å². The van der Waals surface area contributed by atoms with Gasteiger partial charge >= 0.3 is 0 Å². The van der Waals surface area contributed by atoms with Crippen LogP contribution in [-0.4, -0.2) is 24.1 Å². The molecule has 0 unspecified atom stereocenters. The van der Waals surface area contributed by atoms with Gasteiger partial charge in [-0.3, -0.25) is 0 Å². The fourth-order valence-corrected chi connectivity index (χ4v) is 3.91. The smallest absolute Gasteiger partial charge is 0.185 e. The summed E-state index contributed by atoms with van der Waals surface area (Å²) < 4.78 is 0. The van der Waals surface area contributed by atoms with Crippen LogP contribution in [0.25, 0.3) is 0 Å². The molecule has 1 N–H and O–H groups in total. The molecule has 1 aromatic heterocycles. The Hall–Kier alpha value is -0.610. The Morgan fingerprint density at radius 2 is 1.80 bits per heavy atom. The SMILES string of the molecule is CCN(CC)c1ncc(CNC2CCCCCCC2)s1. The van der Waals surface area contributed by atoms with E-state index in [1.165, 1.54) is 55.0 Å². The second-order valence-corrected chi connectivity index (χ2v) is 6.80. The fourth-order valence-electron chi connectivity index (χ4n) is 2.92. The number of rotatable bonds is 6.